The first-order chi connectivity index (χ1) is 11.3. The van der Waals surface area contributed by atoms with Crippen LogP contribution in [0, 0.1) is 0 Å². The lowest BCUT2D eigenvalue weighted by Crippen LogP contribution is -1.92. The van der Waals surface area contributed by atoms with Crippen molar-refractivity contribution in [3.8, 4) is 28.3 Å². The lowest BCUT2D eigenvalue weighted by molar-refractivity contribution is 0.415. The average molecular weight is 300 g/mol. The number of aromatic nitrogens is 2. The van der Waals surface area contributed by atoms with Gasteiger partial charge in [0.1, 0.15) is 5.75 Å². The number of rotatable bonds is 3. The van der Waals surface area contributed by atoms with Crippen molar-refractivity contribution in [1.82, 2.24) is 9.38 Å². The molecule has 4 rings (SSSR count). The zero-order valence-corrected chi connectivity index (χ0v) is 12.8. The second-order valence-electron chi connectivity index (χ2n) is 5.38. The Morgan fingerprint density at radius 3 is 2.35 bits per heavy atom. The fourth-order valence-corrected chi connectivity index (χ4v) is 2.76. The normalized spacial score (nSPS) is 10.8. The molecule has 0 radical (unpaired) electrons. The van der Waals surface area contributed by atoms with Gasteiger partial charge in [-0.05, 0) is 42.0 Å². The molecule has 112 valence electrons. The van der Waals surface area contributed by atoms with Gasteiger partial charge in [-0.15, -0.1) is 0 Å². The molecule has 0 fully saturated rings. The van der Waals surface area contributed by atoms with E-state index in [1.807, 2.05) is 36.5 Å². The summed E-state index contributed by atoms with van der Waals surface area (Å²) in [6.45, 7) is 0. The van der Waals surface area contributed by atoms with Crippen LogP contribution in [0.1, 0.15) is 0 Å². The Bertz CT molecular complexity index is 940. The number of benzene rings is 2. The van der Waals surface area contributed by atoms with Crippen LogP contribution in [0.15, 0.2) is 79.1 Å². The van der Waals surface area contributed by atoms with Crippen LogP contribution in [-0.4, -0.2) is 16.5 Å². The van der Waals surface area contributed by atoms with E-state index >= 15 is 0 Å². The van der Waals surface area contributed by atoms with Gasteiger partial charge in [0, 0.05) is 11.8 Å². The van der Waals surface area contributed by atoms with Crippen molar-refractivity contribution < 1.29 is 4.74 Å². The Kier molecular flexibility index (Phi) is 3.31. The fourth-order valence-electron chi connectivity index (χ4n) is 2.76. The summed E-state index contributed by atoms with van der Waals surface area (Å²) in [4.78, 5) is 4.57. The molecule has 2 aromatic heterocycles. The highest BCUT2D eigenvalue weighted by Crippen LogP contribution is 2.26. The van der Waals surface area contributed by atoms with Gasteiger partial charge in [-0.25, -0.2) is 0 Å². The van der Waals surface area contributed by atoms with Crippen molar-refractivity contribution in [3.05, 3.63) is 79.1 Å². The van der Waals surface area contributed by atoms with Gasteiger partial charge in [-0.3, -0.25) is 4.98 Å². The first-order valence-electron chi connectivity index (χ1n) is 7.52. The molecule has 0 N–H and O–H groups in total. The van der Waals surface area contributed by atoms with Gasteiger partial charge in [-0.1, -0.05) is 30.3 Å². The van der Waals surface area contributed by atoms with Gasteiger partial charge < -0.3 is 9.14 Å². The molecule has 0 spiro atoms. The first kappa shape index (κ1) is 13.6. The van der Waals surface area contributed by atoms with E-state index in [0.29, 0.717) is 0 Å². The molecular weight excluding hydrogens is 284 g/mol. The van der Waals surface area contributed by atoms with Gasteiger partial charge in [0.25, 0.3) is 0 Å². The summed E-state index contributed by atoms with van der Waals surface area (Å²) in [6.07, 6.45) is 4.00. The molecule has 0 saturated carbocycles. The first-order valence-corrected chi connectivity index (χ1v) is 7.52. The maximum Gasteiger partial charge on any atom is 0.118 e. The Morgan fingerprint density at radius 1 is 0.826 bits per heavy atom. The van der Waals surface area contributed by atoms with E-state index in [0.717, 1.165) is 33.8 Å². The Hall–Kier alpha value is -3.07. The third-order valence-corrected chi connectivity index (χ3v) is 3.99. The number of hydrogen-bond donors (Lipinski definition) is 0. The van der Waals surface area contributed by atoms with Crippen LogP contribution >= 0.6 is 0 Å². The predicted molar refractivity (Wildman–Crippen MR) is 92.6 cm³/mol. The fraction of sp³-hybridized carbons (Fsp3) is 0.0500. The third kappa shape index (κ3) is 2.46. The molecule has 0 aliphatic rings. The Labute approximate surface area is 134 Å². The van der Waals surface area contributed by atoms with Crippen molar-refractivity contribution in [2.24, 2.45) is 0 Å². The molecule has 0 aliphatic carbocycles. The van der Waals surface area contributed by atoms with Crippen LogP contribution in [-0.2, 0) is 0 Å². The number of ether oxygens (including phenoxy) is 1. The number of hydrogen-bond acceptors (Lipinski definition) is 2. The van der Waals surface area contributed by atoms with Gasteiger partial charge in [0.15, 0.2) is 0 Å². The second-order valence-corrected chi connectivity index (χ2v) is 5.38. The van der Waals surface area contributed by atoms with E-state index in [4.69, 9.17) is 4.74 Å². The maximum atomic E-state index is 5.23. The number of methoxy groups -OCH3 is 1. The summed E-state index contributed by atoms with van der Waals surface area (Å²) in [5, 5.41) is 0. The molecule has 23 heavy (non-hydrogen) atoms. The Morgan fingerprint density at radius 2 is 1.61 bits per heavy atom. The summed E-state index contributed by atoms with van der Waals surface area (Å²) in [5.41, 5.74) is 5.45. The molecule has 0 unspecified atom stereocenters. The molecule has 3 heteroatoms. The van der Waals surface area contributed by atoms with Crippen LogP contribution in [0.2, 0.25) is 0 Å². The SMILES string of the molecule is COc1ccc(-c2ccc3cnc(-c4ccccc4)cn23)cc1. The van der Waals surface area contributed by atoms with Crippen molar-refractivity contribution in [2.75, 3.05) is 7.11 Å². The molecule has 0 aliphatic heterocycles. The quantitative estimate of drug-likeness (QED) is 0.549. The van der Waals surface area contributed by atoms with Crippen molar-refractivity contribution >= 4 is 5.52 Å². The highest BCUT2D eigenvalue weighted by Gasteiger charge is 2.07. The Balaban J connectivity index is 1.84. The van der Waals surface area contributed by atoms with Gasteiger partial charge in [0.2, 0.25) is 0 Å². The minimum atomic E-state index is 0.862. The zero-order valence-electron chi connectivity index (χ0n) is 12.8. The molecule has 0 amide bonds. The molecular formula is C20H16N2O. The summed E-state index contributed by atoms with van der Waals surface area (Å²) in [5.74, 6) is 0.862. The lowest BCUT2D eigenvalue weighted by atomic mass is 10.1. The average Bonchev–Trinajstić information content (AvgIpc) is 3.05. The van der Waals surface area contributed by atoms with E-state index in [1.54, 1.807) is 7.11 Å². The van der Waals surface area contributed by atoms with Gasteiger partial charge >= 0.3 is 0 Å². The monoisotopic (exact) mass is 300 g/mol. The standard InChI is InChI=1S/C20H16N2O/c1-23-18-10-7-16(8-11-18)20-12-9-17-13-21-19(14-22(17)20)15-5-3-2-4-6-15/h2-14H,1H3. The van der Waals surface area contributed by atoms with Crippen molar-refractivity contribution in [3.63, 3.8) is 0 Å². The molecule has 0 bridgehead atoms. The van der Waals surface area contributed by atoms with Gasteiger partial charge in [-0.2, -0.15) is 0 Å². The molecule has 2 heterocycles. The molecule has 0 saturated heterocycles. The van der Waals surface area contributed by atoms with Crippen LogP contribution < -0.4 is 4.74 Å². The molecule has 0 atom stereocenters. The summed E-state index contributed by atoms with van der Waals surface area (Å²) in [6, 6.07) is 22.5. The van der Waals surface area contributed by atoms with E-state index in [2.05, 4.69) is 52.0 Å². The maximum absolute atomic E-state index is 5.23. The van der Waals surface area contributed by atoms with Crippen molar-refractivity contribution in [1.29, 1.82) is 0 Å². The van der Waals surface area contributed by atoms with Crippen molar-refractivity contribution in [2.45, 2.75) is 0 Å². The summed E-state index contributed by atoms with van der Waals surface area (Å²) in [7, 11) is 1.68. The van der Waals surface area contributed by atoms with E-state index in [-0.39, 0.29) is 0 Å². The molecule has 2 aromatic carbocycles. The largest absolute Gasteiger partial charge is 0.497 e. The van der Waals surface area contributed by atoms with Crippen LogP contribution in [0.5, 0.6) is 5.75 Å². The molecule has 3 nitrogen and oxygen atoms in total. The molecule has 4 aromatic rings. The lowest BCUT2D eigenvalue weighted by Gasteiger charge is -2.07. The second kappa shape index (κ2) is 5.61. The van der Waals surface area contributed by atoms with Gasteiger partial charge in [0.05, 0.1) is 30.2 Å². The minimum absolute atomic E-state index is 0.862. The van der Waals surface area contributed by atoms with Crippen LogP contribution in [0.3, 0.4) is 0 Å². The van der Waals surface area contributed by atoms with Crippen LogP contribution in [0.4, 0.5) is 0 Å². The minimum Gasteiger partial charge on any atom is -0.497 e. The topological polar surface area (TPSA) is 26.5 Å². The number of nitrogens with zero attached hydrogens (tertiary/aromatic N) is 2. The smallest absolute Gasteiger partial charge is 0.118 e. The predicted octanol–water partition coefficient (Wildman–Crippen LogP) is 4.68. The summed E-state index contributed by atoms with van der Waals surface area (Å²) >= 11 is 0. The van der Waals surface area contributed by atoms with E-state index in [9.17, 15) is 0 Å². The summed E-state index contributed by atoms with van der Waals surface area (Å²) < 4.78 is 7.41. The van der Waals surface area contributed by atoms with E-state index < -0.39 is 0 Å². The van der Waals surface area contributed by atoms with Crippen LogP contribution in [0.25, 0.3) is 28.0 Å². The number of fused-ring (bicyclic) bond motifs is 1. The third-order valence-electron chi connectivity index (χ3n) is 3.99. The van der Waals surface area contributed by atoms with E-state index in [1.165, 1.54) is 0 Å². The highest BCUT2D eigenvalue weighted by atomic mass is 16.5. The highest BCUT2D eigenvalue weighted by molar-refractivity contribution is 5.69. The zero-order chi connectivity index (χ0) is 15.6.